The Morgan fingerprint density at radius 1 is 1.55 bits per heavy atom. The average molecular weight is 157 g/mol. The second-order valence-corrected chi connectivity index (χ2v) is 3.18. The van der Waals surface area contributed by atoms with Gasteiger partial charge in [0.15, 0.2) is 0 Å². The molecule has 1 fully saturated rings. The summed E-state index contributed by atoms with van der Waals surface area (Å²) in [5, 5.41) is 9.54. The Kier molecular flexibility index (Phi) is 2.18. The molecular formula is C8H15NO2. The Labute approximate surface area is 67.0 Å². The largest absolute Gasteiger partial charge is 0.386 e. The van der Waals surface area contributed by atoms with Gasteiger partial charge in [0.25, 0.3) is 0 Å². The number of aliphatic hydroxyl groups is 1. The van der Waals surface area contributed by atoms with Gasteiger partial charge in [0.2, 0.25) is 5.91 Å². The summed E-state index contributed by atoms with van der Waals surface area (Å²) >= 11 is 0. The first-order chi connectivity index (χ1) is 5.11. The van der Waals surface area contributed by atoms with E-state index in [0.717, 1.165) is 6.42 Å². The highest BCUT2D eigenvalue weighted by Gasteiger charge is 2.41. The molecule has 0 saturated carbocycles. The quantitative estimate of drug-likeness (QED) is 0.629. The van der Waals surface area contributed by atoms with Crippen LogP contribution in [0.25, 0.3) is 0 Å². The summed E-state index contributed by atoms with van der Waals surface area (Å²) in [5.74, 6) is 0.142. The second kappa shape index (κ2) is 2.81. The lowest BCUT2D eigenvalue weighted by atomic mass is 9.91. The van der Waals surface area contributed by atoms with Crippen LogP contribution in [0.15, 0.2) is 0 Å². The molecule has 0 radical (unpaired) electrons. The van der Waals surface area contributed by atoms with Gasteiger partial charge in [-0.25, -0.2) is 0 Å². The number of carbonyl (C=O) groups excluding carboxylic acids is 1. The van der Waals surface area contributed by atoms with Crippen LogP contribution in [0.5, 0.6) is 0 Å². The van der Waals surface area contributed by atoms with Crippen molar-refractivity contribution in [2.24, 2.45) is 0 Å². The zero-order chi connectivity index (χ0) is 8.48. The lowest BCUT2D eigenvalue weighted by molar-refractivity contribution is -0.155. The van der Waals surface area contributed by atoms with Crippen LogP contribution in [0.1, 0.15) is 26.7 Å². The number of amides is 1. The van der Waals surface area contributed by atoms with Crippen molar-refractivity contribution in [3.8, 4) is 0 Å². The van der Waals surface area contributed by atoms with Crippen molar-refractivity contribution in [3.63, 3.8) is 0 Å². The standard InChI is InChI=1S/C8H15NO2/c1-3-7(10)9-5-8(11,4-2)6-9/h11H,3-6H2,1-2H3. The molecule has 1 amide bonds. The van der Waals surface area contributed by atoms with Crippen LogP contribution < -0.4 is 0 Å². The van der Waals surface area contributed by atoms with E-state index in [2.05, 4.69) is 0 Å². The number of carbonyl (C=O) groups is 1. The van der Waals surface area contributed by atoms with Crippen molar-refractivity contribution >= 4 is 5.91 Å². The molecule has 0 atom stereocenters. The minimum absolute atomic E-state index is 0.142. The molecule has 0 unspecified atom stereocenters. The van der Waals surface area contributed by atoms with Gasteiger partial charge in [-0.05, 0) is 6.42 Å². The Bertz CT molecular complexity index is 161. The van der Waals surface area contributed by atoms with Crippen molar-refractivity contribution in [2.75, 3.05) is 13.1 Å². The van der Waals surface area contributed by atoms with E-state index in [1.807, 2.05) is 13.8 Å². The number of β-amino-alcohol motifs (C(OH)–C–C–N with tert-alkyl or cyclic N) is 1. The fourth-order valence-electron chi connectivity index (χ4n) is 1.29. The predicted molar refractivity (Wildman–Crippen MR) is 42.1 cm³/mol. The predicted octanol–water partition coefficient (Wildman–Crippen LogP) is 0.380. The fraction of sp³-hybridized carbons (Fsp3) is 0.875. The Hall–Kier alpha value is -0.570. The summed E-state index contributed by atoms with van der Waals surface area (Å²) in [6.45, 7) is 4.83. The lowest BCUT2D eigenvalue weighted by Crippen LogP contribution is -2.62. The summed E-state index contributed by atoms with van der Waals surface area (Å²) in [6.07, 6.45) is 1.28. The van der Waals surface area contributed by atoms with Crippen molar-refractivity contribution in [2.45, 2.75) is 32.3 Å². The van der Waals surface area contributed by atoms with E-state index >= 15 is 0 Å². The molecule has 1 N–H and O–H groups in total. The molecule has 1 heterocycles. The van der Waals surface area contributed by atoms with Crippen molar-refractivity contribution < 1.29 is 9.90 Å². The van der Waals surface area contributed by atoms with Crippen LogP contribution in [-0.4, -0.2) is 34.6 Å². The zero-order valence-corrected chi connectivity index (χ0v) is 7.13. The number of nitrogens with zero attached hydrogens (tertiary/aromatic N) is 1. The number of likely N-dealkylation sites (tertiary alicyclic amines) is 1. The maximum absolute atomic E-state index is 11.0. The number of rotatable bonds is 2. The normalized spacial score (nSPS) is 21.2. The summed E-state index contributed by atoms with van der Waals surface area (Å²) in [4.78, 5) is 12.7. The van der Waals surface area contributed by atoms with Crippen molar-refractivity contribution in [3.05, 3.63) is 0 Å². The van der Waals surface area contributed by atoms with Gasteiger partial charge in [-0.1, -0.05) is 13.8 Å². The van der Waals surface area contributed by atoms with Crippen LogP contribution in [-0.2, 0) is 4.79 Å². The Balaban J connectivity index is 2.34. The van der Waals surface area contributed by atoms with Crippen LogP contribution in [0.3, 0.4) is 0 Å². The van der Waals surface area contributed by atoms with Gasteiger partial charge in [0.1, 0.15) is 0 Å². The minimum Gasteiger partial charge on any atom is -0.386 e. The molecule has 0 aromatic rings. The van der Waals surface area contributed by atoms with E-state index in [0.29, 0.717) is 19.5 Å². The van der Waals surface area contributed by atoms with E-state index in [1.165, 1.54) is 0 Å². The third kappa shape index (κ3) is 1.53. The first-order valence-electron chi connectivity index (χ1n) is 4.11. The molecular weight excluding hydrogens is 142 g/mol. The molecule has 0 aromatic carbocycles. The molecule has 1 saturated heterocycles. The molecule has 0 bridgehead atoms. The molecule has 64 valence electrons. The number of hydrogen-bond donors (Lipinski definition) is 1. The van der Waals surface area contributed by atoms with Gasteiger partial charge in [-0.3, -0.25) is 4.79 Å². The smallest absolute Gasteiger partial charge is 0.222 e. The monoisotopic (exact) mass is 157 g/mol. The molecule has 1 aliphatic heterocycles. The maximum atomic E-state index is 11.0. The molecule has 0 spiro atoms. The van der Waals surface area contributed by atoms with Gasteiger partial charge in [0, 0.05) is 6.42 Å². The van der Waals surface area contributed by atoms with Crippen LogP contribution in [0, 0.1) is 0 Å². The van der Waals surface area contributed by atoms with Crippen LogP contribution >= 0.6 is 0 Å². The first kappa shape index (κ1) is 8.53. The molecule has 1 rings (SSSR count). The lowest BCUT2D eigenvalue weighted by Gasteiger charge is -2.46. The van der Waals surface area contributed by atoms with Gasteiger partial charge in [0.05, 0.1) is 18.7 Å². The van der Waals surface area contributed by atoms with Gasteiger partial charge in [-0.2, -0.15) is 0 Å². The van der Waals surface area contributed by atoms with E-state index < -0.39 is 5.60 Å². The third-order valence-corrected chi connectivity index (χ3v) is 2.28. The van der Waals surface area contributed by atoms with Gasteiger partial charge >= 0.3 is 0 Å². The summed E-state index contributed by atoms with van der Waals surface area (Å²) < 4.78 is 0. The van der Waals surface area contributed by atoms with Gasteiger partial charge in [-0.15, -0.1) is 0 Å². The average Bonchev–Trinajstić information content (AvgIpc) is 1.97. The SMILES string of the molecule is CCC(=O)N1CC(O)(CC)C1. The van der Waals surface area contributed by atoms with E-state index in [9.17, 15) is 9.90 Å². The zero-order valence-electron chi connectivity index (χ0n) is 7.13. The summed E-state index contributed by atoms with van der Waals surface area (Å²) in [5.41, 5.74) is -0.579. The summed E-state index contributed by atoms with van der Waals surface area (Å²) in [6, 6.07) is 0. The summed E-state index contributed by atoms with van der Waals surface area (Å²) in [7, 11) is 0. The third-order valence-electron chi connectivity index (χ3n) is 2.28. The molecule has 11 heavy (non-hydrogen) atoms. The van der Waals surface area contributed by atoms with E-state index in [1.54, 1.807) is 4.90 Å². The molecule has 1 aliphatic rings. The highest BCUT2D eigenvalue weighted by molar-refractivity contribution is 5.77. The second-order valence-electron chi connectivity index (χ2n) is 3.18. The topological polar surface area (TPSA) is 40.5 Å². The highest BCUT2D eigenvalue weighted by Crippen LogP contribution is 2.24. The van der Waals surface area contributed by atoms with Crippen molar-refractivity contribution in [1.82, 2.24) is 4.90 Å². The minimum atomic E-state index is -0.579. The highest BCUT2D eigenvalue weighted by atomic mass is 16.3. The van der Waals surface area contributed by atoms with E-state index in [4.69, 9.17) is 0 Å². The van der Waals surface area contributed by atoms with Crippen LogP contribution in [0.4, 0.5) is 0 Å². The Morgan fingerprint density at radius 3 is 2.45 bits per heavy atom. The molecule has 0 aromatic heterocycles. The van der Waals surface area contributed by atoms with Gasteiger partial charge < -0.3 is 10.0 Å². The Morgan fingerprint density at radius 2 is 2.09 bits per heavy atom. The van der Waals surface area contributed by atoms with E-state index in [-0.39, 0.29) is 5.91 Å². The molecule has 0 aliphatic carbocycles. The van der Waals surface area contributed by atoms with Crippen molar-refractivity contribution in [1.29, 1.82) is 0 Å². The van der Waals surface area contributed by atoms with Crippen LogP contribution in [0.2, 0.25) is 0 Å². The molecule has 3 heteroatoms. The molecule has 3 nitrogen and oxygen atoms in total. The fourth-order valence-corrected chi connectivity index (χ4v) is 1.29. The number of hydrogen-bond acceptors (Lipinski definition) is 2. The first-order valence-corrected chi connectivity index (χ1v) is 4.11. The maximum Gasteiger partial charge on any atom is 0.222 e.